The van der Waals surface area contributed by atoms with Crippen LogP contribution in [0.5, 0.6) is 0 Å². The first kappa shape index (κ1) is 29.6. The normalized spacial score (nSPS) is 25.5. The predicted octanol–water partition coefficient (Wildman–Crippen LogP) is 5.17. The number of anilines is 1. The molecule has 41 heavy (non-hydrogen) atoms. The average molecular weight is 580 g/mol. The third-order valence-corrected chi connectivity index (χ3v) is 11.0. The van der Waals surface area contributed by atoms with Gasteiger partial charge in [0.15, 0.2) is 0 Å². The number of rotatable bonds is 11. The first-order valence-electron chi connectivity index (χ1n) is 15.2. The van der Waals surface area contributed by atoms with Gasteiger partial charge in [0.05, 0.1) is 11.9 Å². The van der Waals surface area contributed by atoms with Gasteiger partial charge in [0.2, 0.25) is 21.8 Å². The highest BCUT2D eigenvalue weighted by Gasteiger charge is 2.51. The number of aryl methyl sites for hydroxylation is 1. The van der Waals surface area contributed by atoms with Gasteiger partial charge in [-0.25, -0.2) is 8.42 Å². The van der Waals surface area contributed by atoms with E-state index in [1.165, 1.54) is 53.3 Å². The van der Waals surface area contributed by atoms with Gasteiger partial charge in [-0.05, 0) is 111 Å². The van der Waals surface area contributed by atoms with Gasteiger partial charge in [-0.3, -0.25) is 13.9 Å². The van der Waals surface area contributed by atoms with E-state index < -0.39 is 22.0 Å². The Kier molecular flexibility index (Phi) is 8.51. The Balaban J connectivity index is 1.41. The SMILES string of the molecule is CCNC(=O)[C@H](CC)N(Cc1ccccc1C)C(=O)CN(c1ccc(C23CC4CC(CC(C4)C2)C3)cc1)S(C)(=O)=O. The van der Waals surface area contributed by atoms with E-state index in [2.05, 4.69) is 17.4 Å². The first-order chi connectivity index (χ1) is 19.5. The van der Waals surface area contributed by atoms with Crippen molar-refractivity contribution in [2.45, 2.75) is 83.7 Å². The maximum atomic E-state index is 13.9. The minimum atomic E-state index is -3.76. The quantitative estimate of drug-likeness (QED) is 0.398. The van der Waals surface area contributed by atoms with Gasteiger partial charge in [-0.1, -0.05) is 43.3 Å². The highest BCUT2D eigenvalue weighted by Crippen LogP contribution is 2.60. The molecule has 0 aromatic heterocycles. The molecule has 0 heterocycles. The van der Waals surface area contributed by atoms with Gasteiger partial charge in [0, 0.05) is 13.1 Å². The fraction of sp³-hybridized carbons (Fsp3) is 0.576. The second-order valence-corrected chi connectivity index (χ2v) is 14.7. The molecule has 0 unspecified atom stereocenters. The summed E-state index contributed by atoms with van der Waals surface area (Å²) >= 11 is 0. The Labute approximate surface area is 245 Å². The zero-order chi connectivity index (χ0) is 29.4. The van der Waals surface area contributed by atoms with E-state index in [1.54, 1.807) is 0 Å². The lowest BCUT2D eigenvalue weighted by atomic mass is 9.48. The number of hydrogen-bond donors (Lipinski definition) is 1. The largest absolute Gasteiger partial charge is 0.355 e. The molecule has 2 aromatic rings. The van der Waals surface area contributed by atoms with E-state index in [0.29, 0.717) is 18.7 Å². The Morgan fingerprint density at radius 1 is 0.951 bits per heavy atom. The number of hydrogen-bond acceptors (Lipinski definition) is 4. The first-order valence-corrected chi connectivity index (χ1v) is 17.1. The van der Waals surface area contributed by atoms with E-state index in [9.17, 15) is 18.0 Å². The van der Waals surface area contributed by atoms with Gasteiger partial charge < -0.3 is 10.2 Å². The van der Waals surface area contributed by atoms with Crippen molar-refractivity contribution in [2.24, 2.45) is 17.8 Å². The van der Waals surface area contributed by atoms with Crippen LogP contribution in [0.15, 0.2) is 48.5 Å². The van der Waals surface area contributed by atoms with Gasteiger partial charge >= 0.3 is 0 Å². The van der Waals surface area contributed by atoms with Crippen LogP contribution in [0.2, 0.25) is 0 Å². The third-order valence-electron chi connectivity index (χ3n) is 9.82. The number of sulfonamides is 1. The molecule has 4 aliphatic carbocycles. The van der Waals surface area contributed by atoms with Crippen LogP contribution in [0, 0.1) is 24.7 Å². The van der Waals surface area contributed by atoms with Crippen LogP contribution in [0.3, 0.4) is 0 Å². The maximum absolute atomic E-state index is 13.9. The molecule has 4 bridgehead atoms. The van der Waals surface area contributed by atoms with E-state index in [4.69, 9.17) is 0 Å². The average Bonchev–Trinajstić information content (AvgIpc) is 2.91. The van der Waals surface area contributed by atoms with Crippen LogP contribution in [-0.2, 0) is 31.6 Å². The number of benzene rings is 2. The zero-order valence-corrected chi connectivity index (χ0v) is 25.8. The minimum Gasteiger partial charge on any atom is -0.355 e. The molecule has 0 spiro atoms. The number of carbonyl (C=O) groups excluding carboxylic acids is 2. The number of carbonyl (C=O) groups is 2. The lowest BCUT2D eigenvalue weighted by Crippen LogP contribution is -2.52. The van der Waals surface area contributed by atoms with Crippen molar-refractivity contribution >= 4 is 27.5 Å². The Bertz CT molecular complexity index is 1340. The summed E-state index contributed by atoms with van der Waals surface area (Å²) in [7, 11) is -3.76. The summed E-state index contributed by atoms with van der Waals surface area (Å²) < 4.78 is 27.3. The molecule has 6 rings (SSSR count). The Morgan fingerprint density at radius 3 is 2.05 bits per heavy atom. The highest BCUT2D eigenvalue weighted by molar-refractivity contribution is 7.92. The van der Waals surface area contributed by atoms with Crippen LogP contribution < -0.4 is 9.62 Å². The molecular weight excluding hydrogens is 534 g/mol. The lowest BCUT2D eigenvalue weighted by molar-refractivity contribution is -0.140. The molecule has 1 N–H and O–H groups in total. The van der Waals surface area contributed by atoms with Gasteiger partial charge in [0.25, 0.3) is 0 Å². The number of likely N-dealkylation sites (N-methyl/N-ethyl adjacent to an activating group) is 1. The molecule has 4 fully saturated rings. The molecule has 4 aliphatic rings. The molecule has 0 saturated heterocycles. The predicted molar refractivity (Wildman–Crippen MR) is 163 cm³/mol. The maximum Gasteiger partial charge on any atom is 0.244 e. The molecule has 0 aliphatic heterocycles. The zero-order valence-electron chi connectivity index (χ0n) is 24.9. The van der Waals surface area contributed by atoms with Crippen molar-refractivity contribution in [2.75, 3.05) is 23.7 Å². The summed E-state index contributed by atoms with van der Waals surface area (Å²) in [4.78, 5) is 28.5. The summed E-state index contributed by atoms with van der Waals surface area (Å²) in [5, 5.41) is 2.84. The van der Waals surface area contributed by atoms with Gasteiger partial charge in [-0.2, -0.15) is 0 Å². The number of amides is 2. The van der Waals surface area contributed by atoms with Gasteiger partial charge in [-0.15, -0.1) is 0 Å². The molecule has 2 amide bonds. The summed E-state index contributed by atoms with van der Waals surface area (Å²) in [6.45, 7) is 6.00. The van der Waals surface area contributed by atoms with Crippen molar-refractivity contribution in [3.63, 3.8) is 0 Å². The van der Waals surface area contributed by atoms with Crippen LogP contribution in [0.4, 0.5) is 5.69 Å². The lowest BCUT2D eigenvalue weighted by Gasteiger charge is -2.57. The van der Waals surface area contributed by atoms with Crippen molar-refractivity contribution in [1.82, 2.24) is 10.2 Å². The molecule has 4 saturated carbocycles. The summed E-state index contributed by atoms with van der Waals surface area (Å²) in [6, 6.07) is 15.0. The molecule has 222 valence electrons. The van der Waals surface area contributed by atoms with Crippen LogP contribution in [0.1, 0.15) is 75.5 Å². The van der Waals surface area contributed by atoms with Gasteiger partial charge in [0.1, 0.15) is 12.6 Å². The molecule has 2 aromatic carbocycles. The second kappa shape index (κ2) is 11.8. The molecule has 1 atom stereocenters. The fourth-order valence-electron chi connectivity index (χ4n) is 8.24. The number of nitrogens with zero attached hydrogens (tertiary/aromatic N) is 2. The van der Waals surface area contributed by atoms with Crippen molar-refractivity contribution < 1.29 is 18.0 Å². The summed E-state index contributed by atoms with van der Waals surface area (Å²) in [5.41, 5.74) is 3.94. The third kappa shape index (κ3) is 6.18. The van der Waals surface area contributed by atoms with Crippen molar-refractivity contribution in [1.29, 1.82) is 0 Å². The smallest absolute Gasteiger partial charge is 0.244 e. The van der Waals surface area contributed by atoms with E-state index in [0.717, 1.165) is 35.1 Å². The van der Waals surface area contributed by atoms with Crippen molar-refractivity contribution in [3.05, 3.63) is 65.2 Å². The van der Waals surface area contributed by atoms with Crippen LogP contribution in [0.25, 0.3) is 0 Å². The fourth-order valence-corrected chi connectivity index (χ4v) is 9.09. The molecule has 7 nitrogen and oxygen atoms in total. The second-order valence-electron chi connectivity index (χ2n) is 12.8. The Morgan fingerprint density at radius 2 is 1.54 bits per heavy atom. The van der Waals surface area contributed by atoms with Crippen molar-refractivity contribution in [3.8, 4) is 0 Å². The summed E-state index contributed by atoms with van der Waals surface area (Å²) in [5.74, 6) is 1.83. The monoisotopic (exact) mass is 579 g/mol. The molecule has 0 radical (unpaired) electrons. The summed E-state index contributed by atoms with van der Waals surface area (Å²) in [6.07, 6.45) is 9.37. The van der Waals surface area contributed by atoms with Crippen LogP contribution >= 0.6 is 0 Å². The Hall–Kier alpha value is -2.87. The van der Waals surface area contributed by atoms with Crippen LogP contribution in [-0.4, -0.2) is 50.5 Å². The minimum absolute atomic E-state index is 0.213. The highest BCUT2D eigenvalue weighted by atomic mass is 32.2. The topological polar surface area (TPSA) is 86.8 Å². The number of nitrogens with one attached hydrogen (secondary N) is 1. The van der Waals surface area contributed by atoms with E-state index >= 15 is 0 Å². The molecule has 8 heteroatoms. The van der Waals surface area contributed by atoms with E-state index in [1.807, 2.05) is 57.2 Å². The van der Waals surface area contributed by atoms with E-state index in [-0.39, 0.29) is 24.4 Å². The standard InChI is InChI=1S/C33H45N3O4S/c1-5-30(32(38)34-6-2)35(21-27-10-8-7-9-23(27)3)31(37)22-36(41(4,39)40)29-13-11-28(12-14-29)33-18-24-15-25(19-33)17-26(16-24)20-33/h7-14,24-26,30H,5-6,15-22H2,1-4H3,(H,34,38)/t24?,25?,26?,30-,33?/m0/s1. The molecular formula is C33H45N3O4S.